The third-order valence-electron chi connectivity index (χ3n) is 2.91. The zero-order chi connectivity index (χ0) is 15.6. The van der Waals surface area contributed by atoms with Crippen LogP contribution in [0.3, 0.4) is 0 Å². The first-order valence-electron chi connectivity index (χ1n) is 6.33. The van der Waals surface area contributed by atoms with Crippen molar-refractivity contribution in [1.29, 1.82) is 0 Å². The van der Waals surface area contributed by atoms with E-state index >= 15 is 0 Å². The minimum Gasteiger partial charge on any atom is -0.406 e. The summed E-state index contributed by atoms with van der Waals surface area (Å²) in [5.74, 6) is 0.377. The molecule has 112 valence electrons. The Morgan fingerprint density at radius 2 is 1.73 bits per heavy atom. The van der Waals surface area contributed by atoms with Crippen LogP contribution in [0.1, 0.15) is 0 Å². The summed E-state index contributed by atoms with van der Waals surface area (Å²) in [4.78, 5) is 11.3. The largest absolute Gasteiger partial charge is 0.573 e. The lowest BCUT2D eigenvalue weighted by molar-refractivity contribution is -0.274. The minimum atomic E-state index is -4.69. The first kappa shape index (κ1) is 14.1. The normalized spacial score (nSPS) is 11.4. The number of H-pyrrole nitrogens is 1. The molecule has 3 aromatic rings. The van der Waals surface area contributed by atoms with Gasteiger partial charge in [-0.3, -0.25) is 4.98 Å². The molecule has 0 aliphatic heterocycles. The number of aromatic amines is 1. The van der Waals surface area contributed by atoms with E-state index in [1.807, 2.05) is 6.07 Å². The molecular weight excluding hydrogens is 295 g/mol. The summed E-state index contributed by atoms with van der Waals surface area (Å²) >= 11 is 0. The number of aromatic nitrogens is 3. The lowest BCUT2D eigenvalue weighted by atomic mass is 10.2. The van der Waals surface area contributed by atoms with Crippen LogP contribution in [0.25, 0.3) is 22.6 Å². The van der Waals surface area contributed by atoms with Gasteiger partial charge in [0.15, 0.2) is 0 Å². The number of nitrogens with zero attached hydrogens (tertiary/aromatic N) is 2. The average molecular weight is 305 g/mol. The summed E-state index contributed by atoms with van der Waals surface area (Å²) in [6.07, 6.45) is 0.251. The Morgan fingerprint density at radius 3 is 2.36 bits per heavy atom. The molecule has 3 rings (SSSR count). The lowest BCUT2D eigenvalue weighted by Gasteiger charge is -2.08. The van der Waals surface area contributed by atoms with E-state index in [4.69, 9.17) is 0 Å². The number of rotatable bonds is 3. The van der Waals surface area contributed by atoms with Gasteiger partial charge in [0.1, 0.15) is 11.6 Å². The number of hydrogen-bond donors (Lipinski definition) is 1. The van der Waals surface area contributed by atoms with Crippen molar-refractivity contribution in [3.63, 3.8) is 0 Å². The molecule has 0 radical (unpaired) electrons. The van der Waals surface area contributed by atoms with Crippen molar-refractivity contribution < 1.29 is 17.9 Å². The highest BCUT2D eigenvalue weighted by Gasteiger charge is 2.30. The first-order valence-corrected chi connectivity index (χ1v) is 6.33. The summed E-state index contributed by atoms with van der Waals surface area (Å²) in [6, 6.07) is 9.22. The molecule has 0 atom stereocenters. The minimum absolute atomic E-state index is 0.261. The molecule has 2 aromatic heterocycles. The van der Waals surface area contributed by atoms with E-state index in [2.05, 4.69) is 19.7 Å². The van der Waals surface area contributed by atoms with E-state index in [1.54, 1.807) is 24.7 Å². The topological polar surface area (TPSA) is 50.8 Å². The summed E-state index contributed by atoms with van der Waals surface area (Å²) in [5, 5.41) is 0. The standard InChI is InChI=1S/C15H10F3N3O/c16-15(17,18)22-12-5-3-10(4-6-12)13-9-20-14(21-13)11-2-1-7-19-8-11/h1-9H,(H,20,21). The molecule has 22 heavy (non-hydrogen) atoms. The molecule has 0 aliphatic rings. The van der Waals surface area contributed by atoms with Gasteiger partial charge in [0, 0.05) is 18.0 Å². The number of hydrogen-bond acceptors (Lipinski definition) is 3. The van der Waals surface area contributed by atoms with Crippen molar-refractivity contribution in [1.82, 2.24) is 15.0 Å². The number of pyridine rings is 1. The Bertz CT molecular complexity index is 752. The highest BCUT2D eigenvalue weighted by Crippen LogP contribution is 2.26. The van der Waals surface area contributed by atoms with Crippen LogP contribution in [0, 0.1) is 0 Å². The first-order chi connectivity index (χ1) is 10.5. The fourth-order valence-corrected chi connectivity index (χ4v) is 1.95. The Hall–Kier alpha value is -2.83. The van der Waals surface area contributed by atoms with Gasteiger partial charge in [-0.2, -0.15) is 0 Å². The van der Waals surface area contributed by atoms with E-state index in [1.165, 1.54) is 24.3 Å². The van der Waals surface area contributed by atoms with Gasteiger partial charge in [-0.15, -0.1) is 13.2 Å². The van der Waals surface area contributed by atoms with Crippen LogP contribution in [-0.4, -0.2) is 21.3 Å². The second kappa shape index (κ2) is 5.51. The van der Waals surface area contributed by atoms with E-state index < -0.39 is 6.36 Å². The van der Waals surface area contributed by atoms with Crippen LogP contribution in [-0.2, 0) is 0 Å². The molecule has 0 bridgehead atoms. The number of imidazole rings is 1. The molecule has 0 spiro atoms. The molecule has 0 saturated heterocycles. The predicted molar refractivity (Wildman–Crippen MR) is 73.9 cm³/mol. The zero-order valence-electron chi connectivity index (χ0n) is 11.1. The summed E-state index contributed by atoms with van der Waals surface area (Å²) in [7, 11) is 0. The fraction of sp³-hybridized carbons (Fsp3) is 0.0667. The molecule has 7 heteroatoms. The van der Waals surface area contributed by atoms with Crippen LogP contribution in [0.2, 0.25) is 0 Å². The van der Waals surface area contributed by atoms with Crippen molar-refractivity contribution in [3.05, 3.63) is 55.0 Å². The molecule has 1 aromatic carbocycles. The maximum Gasteiger partial charge on any atom is 0.573 e. The monoisotopic (exact) mass is 305 g/mol. The molecule has 0 aliphatic carbocycles. The number of benzene rings is 1. The molecular formula is C15H10F3N3O. The Labute approximate surface area is 123 Å². The highest BCUT2D eigenvalue weighted by molar-refractivity contribution is 5.64. The molecule has 0 fully saturated rings. The predicted octanol–water partition coefficient (Wildman–Crippen LogP) is 4.04. The SMILES string of the molecule is FC(F)(F)Oc1ccc(-c2cnc(-c3cccnc3)[nH]2)cc1. The second-order valence-electron chi connectivity index (χ2n) is 4.46. The maximum absolute atomic E-state index is 12.1. The molecule has 1 N–H and O–H groups in total. The van der Waals surface area contributed by atoms with Crippen LogP contribution in [0.15, 0.2) is 55.0 Å². The molecule has 0 amide bonds. The highest BCUT2D eigenvalue weighted by atomic mass is 19.4. The Balaban J connectivity index is 1.82. The third kappa shape index (κ3) is 3.25. The van der Waals surface area contributed by atoms with Gasteiger partial charge < -0.3 is 9.72 Å². The maximum atomic E-state index is 12.1. The van der Waals surface area contributed by atoms with Crippen LogP contribution >= 0.6 is 0 Å². The lowest BCUT2D eigenvalue weighted by Crippen LogP contribution is -2.16. The summed E-state index contributed by atoms with van der Waals surface area (Å²) in [6.45, 7) is 0. The van der Waals surface area contributed by atoms with Crippen molar-refractivity contribution in [2.75, 3.05) is 0 Å². The van der Waals surface area contributed by atoms with Gasteiger partial charge in [-0.1, -0.05) is 0 Å². The van der Waals surface area contributed by atoms with Gasteiger partial charge in [0.2, 0.25) is 0 Å². The summed E-state index contributed by atoms with van der Waals surface area (Å²) in [5.41, 5.74) is 2.22. The Kier molecular flexibility index (Phi) is 3.54. The number of halogens is 3. The van der Waals surface area contributed by atoms with Gasteiger partial charge in [-0.25, -0.2) is 4.98 Å². The van der Waals surface area contributed by atoms with Gasteiger partial charge in [-0.05, 0) is 42.0 Å². The van der Waals surface area contributed by atoms with Crippen LogP contribution in [0.4, 0.5) is 13.2 Å². The zero-order valence-corrected chi connectivity index (χ0v) is 11.1. The molecule has 4 nitrogen and oxygen atoms in total. The second-order valence-corrected chi connectivity index (χ2v) is 4.46. The molecule has 2 heterocycles. The van der Waals surface area contributed by atoms with Crippen LogP contribution in [0.5, 0.6) is 5.75 Å². The fourth-order valence-electron chi connectivity index (χ4n) is 1.95. The van der Waals surface area contributed by atoms with E-state index in [0.717, 1.165) is 5.56 Å². The van der Waals surface area contributed by atoms with Crippen molar-refractivity contribution in [2.24, 2.45) is 0 Å². The van der Waals surface area contributed by atoms with E-state index in [9.17, 15) is 13.2 Å². The van der Waals surface area contributed by atoms with Crippen molar-refractivity contribution in [3.8, 4) is 28.4 Å². The summed E-state index contributed by atoms with van der Waals surface area (Å²) < 4.78 is 40.2. The third-order valence-corrected chi connectivity index (χ3v) is 2.91. The average Bonchev–Trinajstić information content (AvgIpc) is 2.97. The number of alkyl halides is 3. The molecule has 0 saturated carbocycles. The van der Waals surface area contributed by atoms with Gasteiger partial charge in [0.25, 0.3) is 0 Å². The smallest absolute Gasteiger partial charge is 0.406 e. The van der Waals surface area contributed by atoms with Crippen molar-refractivity contribution >= 4 is 0 Å². The quantitative estimate of drug-likeness (QED) is 0.794. The Morgan fingerprint density at radius 1 is 0.955 bits per heavy atom. The van der Waals surface area contributed by atoms with Gasteiger partial charge in [0.05, 0.1) is 11.9 Å². The molecule has 0 unspecified atom stereocenters. The number of ether oxygens (including phenoxy) is 1. The number of nitrogens with one attached hydrogen (secondary N) is 1. The van der Waals surface area contributed by atoms with Crippen LogP contribution < -0.4 is 4.74 Å². The van der Waals surface area contributed by atoms with E-state index in [-0.39, 0.29) is 5.75 Å². The van der Waals surface area contributed by atoms with Crippen molar-refractivity contribution in [2.45, 2.75) is 6.36 Å². The van der Waals surface area contributed by atoms with E-state index in [0.29, 0.717) is 17.1 Å². The van der Waals surface area contributed by atoms with Gasteiger partial charge >= 0.3 is 6.36 Å².